The Morgan fingerprint density at radius 3 is 2.29 bits per heavy atom. The largest absolute Gasteiger partial charge is 0.497 e. The molecule has 0 unspecified atom stereocenters. The van der Waals surface area contributed by atoms with Crippen molar-refractivity contribution in [1.82, 2.24) is 0 Å². The standard InChI is InChI=1S/C21H20N2O4S/c1-15-5-3-7-18(13-15)23-28(25,26)20-11-9-17(10-12-20)22-21(24)16-6-4-8-19(14-16)27-2/h3-14,23H,1-2H3,(H,22,24). The van der Waals surface area contributed by atoms with Crippen molar-refractivity contribution in [3.05, 3.63) is 83.9 Å². The van der Waals surface area contributed by atoms with Crippen LogP contribution in [0.2, 0.25) is 0 Å². The number of hydrogen-bond donors (Lipinski definition) is 2. The maximum Gasteiger partial charge on any atom is 0.261 e. The van der Waals surface area contributed by atoms with E-state index < -0.39 is 10.0 Å². The van der Waals surface area contributed by atoms with Crippen LogP contribution in [0, 0.1) is 6.92 Å². The SMILES string of the molecule is COc1cccc(C(=O)Nc2ccc(S(=O)(=O)Nc3cccc(C)c3)cc2)c1. The molecule has 0 atom stereocenters. The average molecular weight is 396 g/mol. The van der Waals surface area contributed by atoms with Gasteiger partial charge in [-0.25, -0.2) is 8.42 Å². The van der Waals surface area contributed by atoms with Crippen LogP contribution in [0.5, 0.6) is 5.75 Å². The summed E-state index contributed by atoms with van der Waals surface area (Å²) in [7, 11) is -2.19. The predicted octanol–water partition coefficient (Wildman–Crippen LogP) is 4.06. The zero-order valence-electron chi connectivity index (χ0n) is 15.5. The second-order valence-corrected chi connectivity index (χ2v) is 7.87. The summed E-state index contributed by atoms with van der Waals surface area (Å²) in [6.07, 6.45) is 0. The van der Waals surface area contributed by atoms with Gasteiger partial charge in [0.1, 0.15) is 5.75 Å². The lowest BCUT2D eigenvalue weighted by atomic mass is 10.2. The summed E-state index contributed by atoms with van der Waals surface area (Å²) in [5, 5.41) is 2.74. The lowest BCUT2D eigenvalue weighted by Crippen LogP contribution is -2.14. The molecule has 0 fully saturated rings. The molecule has 0 saturated carbocycles. The zero-order chi connectivity index (χ0) is 20.1. The first kappa shape index (κ1) is 19.4. The van der Waals surface area contributed by atoms with Gasteiger partial charge < -0.3 is 10.1 Å². The van der Waals surface area contributed by atoms with Crippen LogP contribution in [0.3, 0.4) is 0 Å². The van der Waals surface area contributed by atoms with E-state index in [0.717, 1.165) is 5.56 Å². The topological polar surface area (TPSA) is 84.5 Å². The van der Waals surface area contributed by atoms with Crippen molar-refractivity contribution in [2.45, 2.75) is 11.8 Å². The number of aryl methyl sites for hydroxylation is 1. The highest BCUT2D eigenvalue weighted by atomic mass is 32.2. The number of carbonyl (C=O) groups excluding carboxylic acids is 1. The minimum atomic E-state index is -3.72. The molecule has 0 heterocycles. The van der Waals surface area contributed by atoms with Crippen molar-refractivity contribution in [3.63, 3.8) is 0 Å². The summed E-state index contributed by atoms with van der Waals surface area (Å²) in [6.45, 7) is 1.89. The van der Waals surface area contributed by atoms with Gasteiger partial charge in [-0.2, -0.15) is 0 Å². The molecule has 0 spiro atoms. The van der Waals surface area contributed by atoms with Gasteiger partial charge in [0.25, 0.3) is 15.9 Å². The third-order valence-corrected chi connectivity index (χ3v) is 5.42. The fourth-order valence-corrected chi connectivity index (χ4v) is 3.66. The molecule has 28 heavy (non-hydrogen) atoms. The van der Waals surface area contributed by atoms with Crippen molar-refractivity contribution in [1.29, 1.82) is 0 Å². The van der Waals surface area contributed by atoms with E-state index in [9.17, 15) is 13.2 Å². The summed E-state index contributed by atoms with van der Waals surface area (Å²) >= 11 is 0. The third kappa shape index (κ3) is 4.69. The van der Waals surface area contributed by atoms with E-state index in [2.05, 4.69) is 10.0 Å². The van der Waals surface area contributed by atoms with Crippen molar-refractivity contribution in [2.75, 3.05) is 17.1 Å². The number of ether oxygens (including phenoxy) is 1. The molecule has 0 radical (unpaired) electrons. The molecule has 2 N–H and O–H groups in total. The van der Waals surface area contributed by atoms with Crippen LogP contribution in [0.15, 0.2) is 77.7 Å². The van der Waals surface area contributed by atoms with Crippen LogP contribution in [-0.4, -0.2) is 21.4 Å². The van der Waals surface area contributed by atoms with Crippen LogP contribution >= 0.6 is 0 Å². The van der Waals surface area contributed by atoms with Gasteiger partial charge in [-0.3, -0.25) is 9.52 Å². The Labute approximate surface area is 164 Å². The average Bonchev–Trinajstić information content (AvgIpc) is 2.68. The maximum absolute atomic E-state index is 12.5. The Morgan fingerprint density at radius 2 is 1.61 bits per heavy atom. The second-order valence-electron chi connectivity index (χ2n) is 6.19. The van der Waals surface area contributed by atoms with Gasteiger partial charge in [0.2, 0.25) is 0 Å². The van der Waals surface area contributed by atoms with Crippen LogP contribution in [0.4, 0.5) is 11.4 Å². The first-order chi connectivity index (χ1) is 13.4. The monoisotopic (exact) mass is 396 g/mol. The summed E-state index contributed by atoms with van der Waals surface area (Å²) in [4.78, 5) is 12.4. The van der Waals surface area contributed by atoms with E-state index in [1.807, 2.05) is 13.0 Å². The van der Waals surface area contributed by atoms with E-state index in [0.29, 0.717) is 22.7 Å². The Balaban J connectivity index is 1.72. The smallest absolute Gasteiger partial charge is 0.261 e. The molecular formula is C21H20N2O4S. The highest BCUT2D eigenvalue weighted by Crippen LogP contribution is 2.20. The molecule has 6 nitrogen and oxygen atoms in total. The van der Waals surface area contributed by atoms with Gasteiger partial charge in [-0.15, -0.1) is 0 Å². The molecule has 3 rings (SSSR count). The number of nitrogens with one attached hydrogen (secondary N) is 2. The van der Waals surface area contributed by atoms with Crippen LogP contribution < -0.4 is 14.8 Å². The number of rotatable bonds is 6. The van der Waals surface area contributed by atoms with E-state index in [1.165, 1.54) is 19.2 Å². The van der Waals surface area contributed by atoms with E-state index in [4.69, 9.17) is 4.74 Å². The highest BCUT2D eigenvalue weighted by molar-refractivity contribution is 7.92. The molecule has 0 aliphatic heterocycles. The van der Waals surface area contributed by atoms with Crippen LogP contribution in [0.25, 0.3) is 0 Å². The van der Waals surface area contributed by atoms with Crippen molar-refractivity contribution in [3.8, 4) is 5.75 Å². The second kappa shape index (κ2) is 8.14. The van der Waals surface area contributed by atoms with Gasteiger partial charge in [0.15, 0.2) is 0 Å². The minimum absolute atomic E-state index is 0.105. The molecule has 0 aliphatic carbocycles. The van der Waals surface area contributed by atoms with Gasteiger partial charge in [0, 0.05) is 16.9 Å². The van der Waals surface area contributed by atoms with E-state index in [1.54, 1.807) is 54.6 Å². The molecule has 0 aliphatic rings. The van der Waals surface area contributed by atoms with Crippen molar-refractivity contribution < 1.29 is 17.9 Å². The van der Waals surface area contributed by atoms with E-state index in [-0.39, 0.29) is 10.8 Å². The van der Waals surface area contributed by atoms with Crippen LogP contribution in [0.1, 0.15) is 15.9 Å². The first-order valence-electron chi connectivity index (χ1n) is 8.52. The van der Waals surface area contributed by atoms with Crippen LogP contribution in [-0.2, 0) is 10.0 Å². The van der Waals surface area contributed by atoms with Crippen molar-refractivity contribution >= 4 is 27.3 Å². The summed E-state index contributed by atoms with van der Waals surface area (Å²) in [5.41, 5.74) is 2.38. The van der Waals surface area contributed by atoms with E-state index >= 15 is 0 Å². The quantitative estimate of drug-likeness (QED) is 0.658. The summed E-state index contributed by atoms with van der Waals surface area (Å²) in [5.74, 6) is 0.267. The molecular weight excluding hydrogens is 376 g/mol. The first-order valence-corrected chi connectivity index (χ1v) is 10.0. The molecule has 0 saturated heterocycles. The number of anilines is 2. The Bertz CT molecular complexity index is 1090. The Hall–Kier alpha value is -3.32. The molecule has 0 bridgehead atoms. The van der Waals surface area contributed by atoms with Gasteiger partial charge >= 0.3 is 0 Å². The number of methoxy groups -OCH3 is 1. The Kier molecular flexibility index (Phi) is 5.65. The van der Waals surface area contributed by atoms with Gasteiger partial charge in [-0.1, -0.05) is 18.2 Å². The lowest BCUT2D eigenvalue weighted by Gasteiger charge is -2.10. The lowest BCUT2D eigenvalue weighted by molar-refractivity contribution is 0.102. The number of hydrogen-bond acceptors (Lipinski definition) is 4. The molecule has 0 aromatic heterocycles. The number of benzene rings is 3. The minimum Gasteiger partial charge on any atom is -0.497 e. The molecule has 7 heteroatoms. The third-order valence-electron chi connectivity index (χ3n) is 4.02. The zero-order valence-corrected chi connectivity index (χ0v) is 16.3. The molecule has 3 aromatic rings. The van der Waals surface area contributed by atoms with Gasteiger partial charge in [0.05, 0.1) is 12.0 Å². The molecule has 144 valence electrons. The fraction of sp³-hybridized carbons (Fsp3) is 0.0952. The molecule has 3 aromatic carbocycles. The molecule has 1 amide bonds. The maximum atomic E-state index is 12.5. The number of sulfonamides is 1. The van der Waals surface area contributed by atoms with Crippen molar-refractivity contribution in [2.24, 2.45) is 0 Å². The highest BCUT2D eigenvalue weighted by Gasteiger charge is 2.15. The normalized spacial score (nSPS) is 10.9. The fourth-order valence-electron chi connectivity index (χ4n) is 2.61. The predicted molar refractivity (Wildman–Crippen MR) is 109 cm³/mol. The summed E-state index contributed by atoms with van der Waals surface area (Å²) in [6, 6.07) is 19.8. The van der Waals surface area contributed by atoms with Gasteiger partial charge in [-0.05, 0) is 67.1 Å². The number of amides is 1. The number of carbonyl (C=O) groups is 1. The summed E-state index contributed by atoms with van der Waals surface area (Å²) < 4.78 is 32.7. The Morgan fingerprint density at radius 1 is 0.893 bits per heavy atom.